The van der Waals surface area contributed by atoms with Crippen molar-refractivity contribution in [1.82, 2.24) is 0 Å². The van der Waals surface area contributed by atoms with Crippen molar-refractivity contribution in [2.45, 2.75) is 27.3 Å². The molecule has 0 spiro atoms. The number of carbonyl (C=O) groups is 1. The van der Waals surface area contributed by atoms with E-state index in [4.69, 9.17) is 5.73 Å². The Hall–Kier alpha value is -2.13. The first-order valence-electron chi connectivity index (χ1n) is 7.09. The Morgan fingerprint density at radius 1 is 1.05 bits per heavy atom. The summed E-state index contributed by atoms with van der Waals surface area (Å²) in [5.41, 5.74) is 11.5. The molecular formula is C18H22N2O. The summed E-state index contributed by atoms with van der Waals surface area (Å²) in [6, 6.07) is 11.9. The zero-order valence-corrected chi connectivity index (χ0v) is 13.1. The van der Waals surface area contributed by atoms with Gasteiger partial charge >= 0.3 is 0 Å². The number of rotatable bonds is 3. The van der Waals surface area contributed by atoms with Crippen LogP contribution in [0.15, 0.2) is 36.4 Å². The van der Waals surface area contributed by atoms with E-state index in [1.807, 2.05) is 57.2 Å². The van der Waals surface area contributed by atoms with Gasteiger partial charge in [-0.2, -0.15) is 0 Å². The van der Waals surface area contributed by atoms with E-state index in [1.165, 1.54) is 5.56 Å². The normalized spacial score (nSPS) is 10.5. The molecule has 3 nitrogen and oxygen atoms in total. The third kappa shape index (κ3) is 3.14. The SMILES string of the molecule is Cc1cc(C)c(C(=O)N(C)c2ccc(CN)cc2)c(C)c1. The maximum Gasteiger partial charge on any atom is 0.258 e. The number of hydrogen-bond acceptors (Lipinski definition) is 2. The number of anilines is 1. The standard InChI is InChI=1S/C18H22N2O/c1-12-9-13(2)17(14(3)10-12)18(21)20(4)16-7-5-15(11-19)6-8-16/h5-10H,11,19H2,1-4H3. The molecule has 1 amide bonds. The molecule has 0 saturated carbocycles. The van der Waals surface area contributed by atoms with Gasteiger partial charge in [0.2, 0.25) is 0 Å². The molecule has 0 heterocycles. The lowest BCUT2D eigenvalue weighted by molar-refractivity contribution is 0.0992. The molecule has 2 N–H and O–H groups in total. The number of carbonyl (C=O) groups excluding carboxylic acids is 1. The second-order valence-electron chi connectivity index (χ2n) is 5.51. The highest BCUT2D eigenvalue weighted by Crippen LogP contribution is 2.21. The average Bonchev–Trinajstić information content (AvgIpc) is 2.45. The summed E-state index contributed by atoms with van der Waals surface area (Å²) >= 11 is 0. The van der Waals surface area contributed by atoms with Gasteiger partial charge in [-0.25, -0.2) is 0 Å². The molecule has 0 atom stereocenters. The van der Waals surface area contributed by atoms with Gasteiger partial charge in [0.15, 0.2) is 0 Å². The summed E-state index contributed by atoms with van der Waals surface area (Å²) in [7, 11) is 1.80. The van der Waals surface area contributed by atoms with E-state index >= 15 is 0 Å². The zero-order valence-electron chi connectivity index (χ0n) is 13.1. The van der Waals surface area contributed by atoms with Crippen molar-refractivity contribution in [2.75, 3.05) is 11.9 Å². The molecule has 21 heavy (non-hydrogen) atoms. The van der Waals surface area contributed by atoms with Gasteiger partial charge in [0, 0.05) is 24.8 Å². The molecule has 0 aliphatic carbocycles. The number of amides is 1. The van der Waals surface area contributed by atoms with Gasteiger partial charge in [0.25, 0.3) is 5.91 Å². The average molecular weight is 282 g/mol. The van der Waals surface area contributed by atoms with Crippen molar-refractivity contribution in [3.8, 4) is 0 Å². The van der Waals surface area contributed by atoms with E-state index in [9.17, 15) is 4.79 Å². The van der Waals surface area contributed by atoms with Crippen LogP contribution in [0, 0.1) is 20.8 Å². The van der Waals surface area contributed by atoms with Gasteiger partial charge in [0.1, 0.15) is 0 Å². The molecule has 0 fully saturated rings. The van der Waals surface area contributed by atoms with Gasteiger partial charge in [-0.05, 0) is 49.6 Å². The summed E-state index contributed by atoms with van der Waals surface area (Å²) in [6.45, 7) is 6.52. The van der Waals surface area contributed by atoms with Crippen LogP contribution in [0.5, 0.6) is 0 Å². The minimum atomic E-state index is 0.0190. The highest BCUT2D eigenvalue weighted by Gasteiger charge is 2.18. The van der Waals surface area contributed by atoms with E-state index in [0.717, 1.165) is 27.9 Å². The van der Waals surface area contributed by atoms with E-state index in [2.05, 4.69) is 0 Å². The first-order valence-corrected chi connectivity index (χ1v) is 7.09. The van der Waals surface area contributed by atoms with Crippen LogP contribution in [-0.2, 0) is 6.54 Å². The number of benzene rings is 2. The maximum atomic E-state index is 12.8. The molecule has 3 heteroatoms. The predicted octanol–water partition coefficient (Wildman–Crippen LogP) is 3.35. The molecule has 2 rings (SSSR count). The summed E-state index contributed by atoms with van der Waals surface area (Å²) in [6.07, 6.45) is 0. The Morgan fingerprint density at radius 2 is 1.57 bits per heavy atom. The first kappa shape index (κ1) is 15.3. The van der Waals surface area contributed by atoms with Crippen LogP contribution in [-0.4, -0.2) is 13.0 Å². The smallest absolute Gasteiger partial charge is 0.258 e. The molecule has 0 aromatic heterocycles. The fourth-order valence-electron chi connectivity index (χ4n) is 2.66. The summed E-state index contributed by atoms with van der Waals surface area (Å²) in [4.78, 5) is 14.4. The van der Waals surface area contributed by atoms with Crippen LogP contribution in [0.4, 0.5) is 5.69 Å². The fourth-order valence-corrected chi connectivity index (χ4v) is 2.66. The lowest BCUT2D eigenvalue weighted by Crippen LogP contribution is -2.27. The van der Waals surface area contributed by atoms with Gasteiger partial charge in [-0.1, -0.05) is 29.8 Å². The van der Waals surface area contributed by atoms with E-state index in [1.54, 1.807) is 11.9 Å². The monoisotopic (exact) mass is 282 g/mol. The fraction of sp³-hybridized carbons (Fsp3) is 0.278. The molecule has 2 aromatic rings. The minimum absolute atomic E-state index is 0.0190. The Kier molecular flexibility index (Phi) is 4.43. The third-order valence-corrected chi connectivity index (χ3v) is 3.75. The minimum Gasteiger partial charge on any atom is -0.326 e. The molecule has 0 saturated heterocycles. The van der Waals surface area contributed by atoms with Crippen LogP contribution >= 0.6 is 0 Å². The van der Waals surface area contributed by atoms with Crippen LogP contribution in [0.25, 0.3) is 0 Å². The second kappa shape index (κ2) is 6.10. The van der Waals surface area contributed by atoms with Crippen molar-refractivity contribution < 1.29 is 4.79 Å². The molecule has 0 bridgehead atoms. The maximum absolute atomic E-state index is 12.8. The molecule has 0 aliphatic rings. The lowest BCUT2D eigenvalue weighted by atomic mass is 9.98. The number of aryl methyl sites for hydroxylation is 3. The lowest BCUT2D eigenvalue weighted by Gasteiger charge is -2.20. The highest BCUT2D eigenvalue weighted by atomic mass is 16.2. The van der Waals surface area contributed by atoms with Crippen LogP contribution in [0.1, 0.15) is 32.6 Å². The van der Waals surface area contributed by atoms with Crippen molar-refractivity contribution in [2.24, 2.45) is 5.73 Å². The van der Waals surface area contributed by atoms with Gasteiger partial charge < -0.3 is 10.6 Å². The van der Waals surface area contributed by atoms with Crippen molar-refractivity contribution in [3.05, 3.63) is 64.2 Å². The van der Waals surface area contributed by atoms with Crippen LogP contribution in [0.3, 0.4) is 0 Å². The number of hydrogen-bond donors (Lipinski definition) is 1. The number of nitrogens with zero attached hydrogens (tertiary/aromatic N) is 1. The molecule has 0 unspecified atom stereocenters. The van der Waals surface area contributed by atoms with Crippen molar-refractivity contribution in [1.29, 1.82) is 0 Å². The Morgan fingerprint density at radius 3 is 2.05 bits per heavy atom. The van der Waals surface area contributed by atoms with Crippen molar-refractivity contribution in [3.63, 3.8) is 0 Å². The van der Waals surface area contributed by atoms with E-state index < -0.39 is 0 Å². The molecule has 0 radical (unpaired) electrons. The molecule has 110 valence electrons. The molecule has 2 aromatic carbocycles. The first-order chi connectivity index (χ1) is 9.93. The highest BCUT2D eigenvalue weighted by molar-refractivity contribution is 6.07. The van der Waals surface area contributed by atoms with Crippen LogP contribution < -0.4 is 10.6 Å². The summed E-state index contributed by atoms with van der Waals surface area (Å²) in [5, 5.41) is 0. The van der Waals surface area contributed by atoms with E-state index in [-0.39, 0.29) is 5.91 Å². The van der Waals surface area contributed by atoms with Gasteiger partial charge in [-0.15, -0.1) is 0 Å². The van der Waals surface area contributed by atoms with E-state index in [0.29, 0.717) is 6.54 Å². The molecular weight excluding hydrogens is 260 g/mol. The van der Waals surface area contributed by atoms with Gasteiger partial charge in [0.05, 0.1) is 0 Å². The quantitative estimate of drug-likeness (QED) is 0.938. The van der Waals surface area contributed by atoms with Crippen molar-refractivity contribution >= 4 is 11.6 Å². The Labute approximate surface area is 126 Å². The predicted molar refractivity (Wildman–Crippen MR) is 87.7 cm³/mol. The third-order valence-electron chi connectivity index (χ3n) is 3.75. The Bertz CT molecular complexity index is 636. The number of nitrogens with two attached hydrogens (primary N) is 1. The summed E-state index contributed by atoms with van der Waals surface area (Å²) in [5.74, 6) is 0.0190. The van der Waals surface area contributed by atoms with Crippen LogP contribution in [0.2, 0.25) is 0 Å². The largest absolute Gasteiger partial charge is 0.326 e. The topological polar surface area (TPSA) is 46.3 Å². The second-order valence-corrected chi connectivity index (χ2v) is 5.51. The van der Waals surface area contributed by atoms with Gasteiger partial charge in [-0.3, -0.25) is 4.79 Å². The Balaban J connectivity index is 2.34. The zero-order chi connectivity index (χ0) is 15.6. The summed E-state index contributed by atoms with van der Waals surface area (Å²) < 4.78 is 0. The molecule has 0 aliphatic heterocycles.